The summed E-state index contributed by atoms with van der Waals surface area (Å²) in [6.45, 7) is 2.26. The minimum Gasteiger partial charge on any atom is -0.426 e. The molecule has 1 saturated carbocycles. The van der Waals surface area contributed by atoms with Crippen molar-refractivity contribution < 1.29 is 22.4 Å². The van der Waals surface area contributed by atoms with Gasteiger partial charge in [-0.25, -0.2) is 17.9 Å². The topological polar surface area (TPSA) is 103 Å². The zero-order valence-corrected chi connectivity index (χ0v) is 18.6. The lowest BCUT2D eigenvalue weighted by atomic mass is 9.82. The van der Waals surface area contributed by atoms with Crippen LogP contribution in [0.25, 0.3) is 11.0 Å². The van der Waals surface area contributed by atoms with Gasteiger partial charge in [0, 0.05) is 24.1 Å². The SMILES string of the molecule is Cc1ccc(S(=O)(=O)NCC2CCC(C(=O)Oc3ccc4ccc(=O)oc4c3)CC2)cc1. The van der Waals surface area contributed by atoms with E-state index in [0.29, 0.717) is 30.7 Å². The Morgan fingerprint density at radius 1 is 1.03 bits per heavy atom. The van der Waals surface area contributed by atoms with Crippen molar-refractivity contribution in [2.24, 2.45) is 11.8 Å². The number of aryl methyl sites for hydroxylation is 1. The van der Waals surface area contributed by atoms with E-state index >= 15 is 0 Å². The van der Waals surface area contributed by atoms with E-state index in [2.05, 4.69) is 4.72 Å². The number of benzene rings is 2. The first-order valence-electron chi connectivity index (χ1n) is 10.6. The number of hydrogen-bond donors (Lipinski definition) is 1. The molecular weight excluding hydrogens is 430 g/mol. The first-order valence-corrected chi connectivity index (χ1v) is 12.1. The number of carbonyl (C=O) groups is 1. The number of rotatable bonds is 6. The Balaban J connectivity index is 1.29. The van der Waals surface area contributed by atoms with Gasteiger partial charge < -0.3 is 9.15 Å². The Morgan fingerprint density at radius 3 is 2.44 bits per heavy atom. The van der Waals surface area contributed by atoms with Crippen LogP contribution < -0.4 is 15.1 Å². The summed E-state index contributed by atoms with van der Waals surface area (Å²) in [6.07, 6.45) is 2.75. The van der Waals surface area contributed by atoms with Crippen LogP contribution in [0.1, 0.15) is 31.2 Å². The molecule has 4 rings (SSSR count). The fraction of sp³-hybridized carbons (Fsp3) is 0.333. The lowest BCUT2D eigenvalue weighted by Gasteiger charge is -2.27. The normalized spacial score (nSPS) is 19.0. The smallest absolute Gasteiger partial charge is 0.336 e. The average Bonchev–Trinajstić information content (AvgIpc) is 2.78. The minimum atomic E-state index is -3.54. The molecule has 0 unspecified atom stereocenters. The predicted molar refractivity (Wildman–Crippen MR) is 120 cm³/mol. The highest BCUT2D eigenvalue weighted by molar-refractivity contribution is 7.89. The van der Waals surface area contributed by atoms with Gasteiger partial charge in [0.2, 0.25) is 10.0 Å². The van der Waals surface area contributed by atoms with E-state index in [1.165, 1.54) is 6.07 Å². The van der Waals surface area contributed by atoms with Gasteiger partial charge in [-0.05, 0) is 68.9 Å². The van der Waals surface area contributed by atoms with Gasteiger partial charge in [-0.2, -0.15) is 0 Å². The Morgan fingerprint density at radius 2 is 1.72 bits per heavy atom. The molecule has 3 aromatic rings. The van der Waals surface area contributed by atoms with E-state index in [1.807, 2.05) is 6.92 Å². The van der Waals surface area contributed by atoms with Gasteiger partial charge in [0.25, 0.3) is 0 Å². The van der Waals surface area contributed by atoms with Crippen molar-refractivity contribution in [2.75, 3.05) is 6.54 Å². The summed E-state index contributed by atoms with van der Waals surface area (Å²) in [5, 5.41) is 0.748. The molecule has 8 heteroatoms. The molecular formula is C24H25NO6S. The van der Waals surface area contributed by atoms with Crippen LogP contribution in [0.5, 0.6) is 5.75 Å². The van der Waals surface area contributed by atoms with Crippen LogP contribution >= 0.6 is 0 Å². The number of ether oxygens (including phenoxy) is 1. The summed E-state index contributed by atoms with van der Waals surface area (Å²) < 4.78 is 38.3. The lowest BCUT2D eigenvalue weighted by molar-refractivity contribution is -0.140. The van der Waals surface area contributed by atoms with E-state index in [4.69, 9.17) is 9.15 Å². The van der Waals surface area contributed by atoms with Crippen LogP contribution in [-0.2, 0) is 14.8 Å². The zero-order chi connectivity index (χ0) is 22.7. The van der Waals surface area contributed by atoms with Gasteiger partial charge in [-0.3, -0.25) is 4.79 Å². The molecule has 1 N–H and O–H groups in total. The van der Waals surface area contributed by atoms with E-state index < -0.39 is 15.6 Å². The van der Waals surface area contributed by atoms with Gasteiger partial charge in [0.05, 0.1) is 10.8 Å². The number of fused-ring (bicyclic) bond motifs is 1. The molecule has 1 aliphatic rings. The predicted octanol–water partition coefficient (Wildman–Crippen LogP) is 3.79. The van der Waals surface area contributed by atoms with Crippen molar-refractivity contribution in [1.82, 2.24) is 4.72 Å². The van der Waals surface area contributed by atoms with Gasteiger partial charge in [0.1, 0.15) is 11.3 Å². The highest BCUT2D eigenvalue weighted by Gasteiger charge is 2.28. The van der Waals surface area contributed by atoms with E-state index in [1.54, 1.807) is 48.5 Å². The number of esters is 1. The van der Waals surface area contributed by atoms with Crippen molar-refractivity contribution >= 4 is 27.0 Å². The summed E-state index contributed by atoms with van der Waals surface area (Å²) in [7, 11) is -3.54. The molecule has 1 fully saturated rings. The Kier molecular flexibility index (Phi) is 6.43. The molecule has 32 heavy (non-hydrogen) atoms. The molecule has 1 heterocycles. The lowest BCUT2D eigenvalue weighted by Crippen LogP contribution is -2.33. The Bertz CT molecular complexity index is 1270. The molecule has 7 nitrogen and oxygen atoms in total. The maximum atomic E-state index is 12.6. The molecule has 1 aromatic heterocycles. The molecule has 1 aliphatic carbocycles. The number of nitrogens with one attached hydrogen (secondary N) is 1. The third-order valence-corrected chi connectivity index (χ3v) is 7.33. The number of carbonyl (C=O) groups excluding carboxylic acids is 1. The fourth-order valence-corrected chi connectivity index (χ4v) is 5.05. The van der Waals surface area contributed by atoms with E-state index in [9.17, 15) is 18.0 Å². The first-order chi connectivity index (χ1) is 15.3. The second-order valence-corrected chi connectivity index (χ2v) is 10.0. The van der Waals surface area contributed by atoms with Crippen LogP contribution in [0, 0.1) is 18.8 Å². The second-order valence-electron chi connectivity index (χ2n) is 8.26. The van der Waals surface area contributed by atoms with Crippen LogP contribution in [0.4, 0.5) is 0 Å². The molecule has 0 radical (unpaired) electrons. The molecule has 168 valence electrons. The monoisotopic (exact) mass is 455 g/mol. The van der Waals surface area contributed by atoms with Crippen LogP contribution in [0.2, 0.25) is 0 Å². The molecule has 0 atom stereocenters. The molecule has 0 amide bonds. The quantitative estimate of drug-likeness (QED) is 0.345. The summed E-state index contributed by atoms with van der Waals surface area (Å²) >= 11 is 0. The van der Waals surface area contributed by atoms with Gasteiger partial charge in [-0.15, -0.1) is 0 Å². The highest BCUT2D eigenvalue weighted by Crippen LogP contribution is 2.30. The van der Waals surface area contributed by atoms with Crippen LogP contribution in [0.3, 0.4) is 0 Å². The van der Waals surface area contributed by atoms with Crippen molar-refractivity contribution in [3.63, 3.8) is 0 Å². The number of sulfonamides is 1. The van der Waals surface area contributed by atoms with Crippen molar-refractivity contribution in [3.05, 3.63) is 70.6 Å². The van der Waals surface area contributed by atoms with E-state index in [-0.39, 0.29) is 22.7 Å². The maximum Gasteiger partial charge on any atom is 0.336 e. The molecule has 0 saturated heterocycles. The first kappa shape index (κ1) is 22.2. The van der Waals surface area contributed by atoms with Crippen LogP contribution in [0.15, 0.2) is 68.7 Å². The minimum absolute atomic E-state index is 0.175. The van der Waals surface area contributed by atoms with Gasteiger partial charge in [-0.1, -0.05) is 17.7 Å². The largest absolute Gasteiger partial charge is 0.426 e. The second kappa shape index (κ2) is 9.26. The molecule has 0 spiro atoms. The van der Waals surface area contributed by atoms with Crippen LogP contribution in [-0.4, -0.2) is 20.9 Å². The highest BCUT2D eigenvalue weighted by atomic mass is 32.2. The van der Waals surface area contributed by atoms with Crippen molar-refractivity contribution in [1.29, 1.82) is 0 Å². The van der Waals surface area contributed by atoms with E-state index in [0.717, 1.165) is 23.8 Å². The molecule has 0 aliphatic heterocycles. The fourth-order valence-electron chi connectivity index (χ4n) is 3.93. The average molecular weight is 456 g/mol. The third-order valence-electron chi connectivity index (χ3n) is 5.89. The van der Waals surface area contributed by atoms with Crippen molar-refractivity contribution in [2.45, 2.75) is 37.5 Å². The Labute approximate surface area is 186 Å². The summed E-state index contributed by atoms with van der Waals surface area (Å²) in [5.74, 6) is -0.0428. The van der Waals surface area contributed by atoms with Crippen molar-refractivity contribution in [3.8, 4) is 5.75 Å². The molecule has 0 bridgehead atoms. The van der Waals surface area contributed by atoms with Gasteiger partial charge in [0.15, 0.2) is 0 Å². The third kappa shape index (κ3) is 5.26. The Hall–Kier alpha value is -2.97. The summed E-state index contributed by atoms with van der Waals surface area (Å²) in [6, 6.07) is 14.7. The maximum absolute atomic E-state index is 12.6. The molecule has 2 aromatic carbocycles. The zero-order valence-electron chi connectivity index (χ0n) is 17.7. The summed E-state index contributed by atoms with van der Waals surface area (Å²) in [5.41, 5.74) is 0.909. The standard InChI is InChI=1S/C24H25NO6S/c1-16-2-11-21(12-3-16)32(28,29)25-15-17-4-6-19(7-5-17)24(27)30-20-10-8-18-9-13-23(26)31-22(18)14-20/h2-3,8-14,17,19,25H,4-7,15H2,1H3. The number of hydrogen-bond acceptors (Lipinski definition) is 6. The summed E-state index contributed by atoms with van der Waals surface area (Å²) in [4.78, 5) is 24.2. The van der Waals surface area contributed by atoms with Gasteiger partial charge >= 0.3 is 11.6 Å².